The molecule has 0 unspecified atom stereocenters. The summed E-state index contributed by atoms with van der Waals surface area (Å²) in [5.74, 6) is 0.415. The van der Waals surface area contributed by atoms with Crippen molar-refractivity contribution in [3.8, 4) is 0 Å². The van der Waals surface area contributed by atoms with Gasteiger partial charge < -0.3 is 14.7 Å². The van der Waals surface area contributed by atoms with Gasteiger partial charge in [0.25, 0.3) is 0 Å². The molecule has 5 heteroatoms. The van der Waals surface area contributed by atoms with Crippen molar-refractivity contribution < 1.29 is 9.59 Å². The van der Waals surface area contributed by atoms with Gasteiger partial charge >= 0.3 is 0 Å². The number of likely N-dealkylation sites (tertiary alicyclic amines) is 2. The molecule has 0 saturated carbocycles. The lowest BCUT2D eigenvalue weighted by molar-refractivity contribution is -0.133. The Labute approximate surface area is 121 Å². The third-order valence-electron chi connectivity index (χ3n) is 4.50. The summed E-state index contributed by atoms with van der Waals surface area (Å²) < 4.78 is 0. The number of carbonyl (C=O) groups excluding carboxylic acids is 2. The van der Waals surface area contributed by atoms with Crippen molar-refractivity contribution in [3.05, 3.63) is 0 Å². The summed E-state index contributed by atoms with van der Waals surface area (Å²) in [6.45, 7) is 3.13. The van der Waals surface area contributed by atoms with Gasteiger partial charge in [-0.25, -0.2) is 0 Å². The molecule has 2 heterocycles. The van der Waals surface area contributed by atoms with E-state index in [1.165, 1.54) is 12.8 Å². The first-order valence-electron chi connectivity index (χ1n) is 7.80. The van der Waals surface area contributed by atoms with Crippen LogP contribution in [0.25, 0.3) is 0 Å². The van der Waals surface area contributed by atoms with Gasteiger partial charge in [0.1, 0.15) is 0 Å². The van der Waals surface area contributed by atoms with E-state index in [9.17, 15) is 9.59 Å². The van der Waals surface area contributed by atoms with Gasteiger partial charge in [0.2, 0.25) is 11.8 Å². The maximum absolute atomic E-state index is 12.4. The maximum atomic E-state index is 12.4. The summed E-state index contributed by atoms with van der Waals surface area (Å²) in [7, 11) is 4.17. The second-order valence-electron chi connectivity index (χ2n) is 6.19. The van der Waals surface area contributed by atoms with E-state index < -0.39 is 0 Å². The predicted octanol–water partition coefficient (Wildman–Crippen LogP) is 0.942. The first kappa shape index (κ1) is 15.3. The van der Waals surface area contributed by atoms with Crippen molar-refractivity contribution in [2.45, 2.75) is 44.6 Å². The molecule has 0 N–H and O–H groups in total. The van der Waals surface area contributed by atoms with Crippen molar-refractivity contribution in [1.29, 1.82) is 0 Å². The highest BCUT2D eigenvalue weighted by Gasteiger charge is 2.25. The Morgan fingerprint density at radius 1 is 1.25 bits per heavy atom. The van der Waals surface area contributed by atoms with E-state index in [0.717, 1.165) is 32.5 Å². The van der Waals surface area contributed by atoms with E-state index in [1.807, 2.05) is 9.80 Å². The van der Waals surface area contributed by atoms with Crippen LogP contribution < -0.4 is 0 Å². The third-order valence-corrected chi connectivity index (χ3v) is 4.50. The molecule has 0 aromatic heterocycles. The van der Waals surface area contributed by atoms with Crippen LogP contribution in [0, 0.1) is 0 Å². The highest BCUT2D eigenvalue weighted by molar-refractivity contribution is 5.80. The van der Waals surface area contributed by atoms with Gasteiger partial charge in [-0.15, -0.1) is 0 Å². The minimum atomic E-state index is 0.207. The predicted molar refractivity (Wildman–Crippen MR) is 78.3 cm³/mol. The highest BCUT2D eigenvalue weighted by Crippen LogP contribution is 2.16. The van der Waals surface area contributed by atoms with Gasteiger partial charge in [-0.1, -0.05) is 6.42 Å². The SMILES string of the molecule is CN(C)[C@H]1CCCCN(C(=O)CCN2CCCC2=O)C1. The van der Waals surface area contributed by atoms with E-state index in [4.69, 9.17) is 0 Å². The van der Waals surface area contributed by atoms with Crippen LogP contribution in [0.5, 0.6) is 0 Å². The molecule has 0 aromatic rings. The van der Waals surface area contributed by atoms with Gasteiger partial charge in [-0.05, 0) is 33.4 Å². The van der Waals surface area contributed by atoms with Gasteiger partial charge in [-0.3, -0.25) is 9.59 Å². The molecule has 0 radical (unpaired) electrons. The first-order valence-corrected chi connectivity index (χ1v) is 7.80. The minimum Gasteiger partial charge on any atom is -0.342 e. The molecule has 1 atom stereocenters. The van der Waals surface area contributed by atoms with Crippen LogP contribution in [0.2, 0.25) is 0 Å². The second kappa shape index (κ2) is 7.07. The molecule has 20 heavy (non-hydrogen) atoms. The number of carbonyl (C=O) groups is 2. The number of hydrogen-bond donors (Lipinski definition) is 0. The van der Waals surface area contributed by atoms with Crippen LogP contribution in [0.4, 0.5) is 0 Å². The molecular formula is C15H27N3O2. The second-order valence-corrected chi connectivity index (χ2v) is 6.19. The highest BCUT2D eigenvalue weighted by atomic mass is 16.2. The maximum Gasteiger partial charge on any atom is 0.224 e. The molecule has 2 amide bonds. The van der Waals surface area contributed by atoms with E-state index in [-0.39, 0.29) is 11.8 Å². The van der Waals surface area contributed by atoms with Crippen molar-refractivity contribution in [1.82, 2.24) is 14.7 Å². The van der Waals surface area contributed by atoms with Crippen molar-refractivity contribution in [3.63, 3.8) is 0 Å². The van der Waals surface area contributed by atoms with Gasteiger partial charge in [0.15, 0.2) is 0 Å². The normalized spacial score (nSPS) is 24.4. The van der Waals surface area contributed by atoms with E-state index in [0.29, 0.717) is 25.4 Å². The minimum absolute atomic E-state index is 0.207. The van der Waals surface area contributed by atoms with Crippen LogP contribution >= 0.6 is 0 Å². The fourth-order valence-corrected chi connectivity index (χ4v) is 3.10. The zero-order chi connectivity index (χ0) is 14.5. The Morgan fingerprint density at radius 3 is 2.70 bits per heavy atom. The molecule has 2 rings (SSSR count). The molecule has 0 bridgehead atoms. The van der Waals surface area contributed by atoms with Gasteiger partial charge in [-0.2, -0.15) is 0 Å². The smallest absolute Gasteiger partial charge is 0.224 e. The van der Waals surface area contributed by atoms with E-state index >= 15 is 0 Å². The van der Waals surface area contributed by atoms with Crippen LogP contribution in [-0.4, -0.2) is 72.8 Å². The van der Waals surface area contributed by atoms with Gasteiger partial charge in [0, 0.05) is 45.1 Å². The summed E-state index contributed by atoms with van der Waals surface area (Å²) in [6, 6.07) is 0.467. The molecule has 2 fully saturated rings. The topological polar surface area (TPSA) is 43.9 Å². The average molecular weight is 281 g/mol. The summed E-state index contributed by atoms with van der Waals surface area (Å²) in [6.07, 6.45) is 5.53. The summed E-state index contributed by atoms with van der Waals surface area (Å²) in [5.41, 5.74) is 0. The summed E-state index contributed by atoms with van der Waals surface area (Å²) in [5, 5.41) is 0. The lowest BCUT2D eigenvalue weighted by atomic mass is 10.1. The summed E-state index contributed by atoms with van der Waals surface area (Å²) >= 11 is 0. The zero-order valence-electron chi connectivity index (χ0n) is 12.8. The Bertz CT molecular complexity index is 357. The van der Waals surface area contributed by atoms with Crippen LogP contribution in [0.3, 0.4) is 0 Å². The van der Waals surface area contributed by atoms with Crippen LogP contribution in [0.15, 0.2) is 0 Å². The van der Waals surface area contributed by atoms with E-state index in [2.05, 4.69) is 19.0 Å². The Balaban J connectivity index is 1.82. The molecule has 5 nitrogen and oxygen atoms in total. The molecule has 0 aromatic carbocycles. The van der Waals surface area contributed by atoms with Crippen molar-refractivity contribution >= 4 is 11.8 Å². The Hall–Kier alpha value is -1.10. The van der Waals surface area contributed by atoms with Crippen molar-refractivity contribution in [2.24, 2.45) is 0 Å². The molecule has 2 aliphatic heterocycles. The van der Waals surface area contributed by atoms with E-state index in [1.54, 1.807) is 0 Å². The lowest BCUT2D eigenvalue weighted by Gasteiger charge is -2.29. The fraction of sp³-hybridized carbons (Fsp3) is 0.867. The van der Waals surface area contributed by atoms with Gasteiger partial charge in [0.05, 0.1) is 0 Å². The van der Waals surface area contributed by atoms with Crippen LogP contribution in [0.1, 0.15) is 38.5 Å². The summed E-state index contributed by atoms with van der Waals surface area (Å²) in [4.78, 5) is 30.0. The molecule has 2 saturated heterocycles. The lowest BCUT2D eigenvalue weighted by Crippen LogP contribution is -2.42. The molecule has 114 valence electrons. The zero-order valence-corrected chi connectivity index (χ0v) is 12.8. The average Bonchev–Trinajstić information content (AvgIpc) is 2.67. The Kier molecular flexibility index (Phi) is 5.40. The number of likely N-dealkylation sites (N-methyl/N-ethyl adjacent to an activating group) is 1. The number of rotatable bonds is 4. The monoisotopic (exact) mass is 281 g/mol. The molecular weight excluding hydrogens is 254 g/mol. The third kappa shape index (κ3) is 3.95. The largest absolute Gasteiger partial charge is 0.342 e. The standard InChI is InChI=1S/C15H27N3O2/c1-16(2)13-6-3-4-9-18(12-13)15(20)8-11-17-10-5-7-14(17)19/h13H,3-12H2,1-2H3/t13-/m0/s1. The number of amides is 2. The number of hydrogen-bond acceptors (Lipinski definition) is 3. The van der Waals surface area contributed by atoms with Crippen molar-refractivity contribution in [2.75, 3.05) is 40.3 Å². The molecule has 0 spiro atoms. The van der Waals surface area contributed by atoms with Crippen LogP contribution in [-0.2, 0) is 9.59 Å². The first-order chi connectivity index (χ1) is 9.58. The number of nitrogens with zero attached hydrogens (tertiary/aromatic N) is 3. The fourth-order valence-electron chi connectivity index (χ4n) is 3.10. The molecule has 2 aliphatic rings. The molecule has 0 aliphatic carbocycles. The Morgan fingerprint density at radius 2 is 2.05 bits per heavy atom. The quantitative estimate of drug-likeness (QED) is 0.770.